The largest absolute Gasteiger partial charge is 0.313 e. The summed E-state index contributed by atoms with van der Waals surface area (Å²) < 4.78 is 26.3. The van der Waals surface area contributed by atoms with Crippen LogP contribution in [0.5, 0.6) is 0 Å². The number of hydrogen-bond acceptors (Lipinski definition) is 3. The molecule has 0 bridgehead atoms. The van der Waals surface area contributed by atoms with E-state index in [1.54, 1.807) is 26.0 Å². The van der Waals surface area contributed by atoms with Gasteiger partial charge in [0.15, 0.2) is 0 Å². The van der Waals surface area contributed by atoms with Crippen molar-refractivity contribution in [3.63, 3.8) is 0 Å². The molecule has 2 N–H and O–H groups in total. The number of benzene rings is 1. The van der Waals surface area contributed by atoms with Gasteiger partial charge in [0.05, 0.1) is 4.90 Å². The molecule has 1 aromatic carbocycles. The highest BCUT2D eigenvalue weighted by Gasteiger charge is 2.15. The van der Waals surface area contributed by atoms with E-state index in [0.717, 1.165) is 5.56 Å². The van der Waals surface area contributed by atoms with E-state index in [9.17, 15) is 8.42 Å². The second-order valence-corrected chi connectivity index (χ2v) is 6.07. The van der Waals surface area contributed by atoms with Gasteiger partial charge < -0.3 is 5.32 Å². The van der Waals surface area contributed by atoms with E-state index in [0.29, 0.717) is 4.90 Å². The molecule has 0 spiro atoms. The maximum atomic E-state index is 11.9. The maximum Gasteiger partial charge on any atom is 0.240 e. The lowest BCUT2D eigenvalue weighted by molar-refractivity contribution is 0.569. The second-order valence-electron chi connectivity index (χ2n) is 4.36. The van der Waals surface area contributed by atoms with Crippen molar-refractivity contribution in [3.05, 3.63) is 29.8 Å². The Labute approximate surface area is 103 Å². The molecule has 0 aliphatic rings. The summed E-state index contributed by atoms with van der Waals surface area (Å²) in [6.07, 6.45) is 0. The van der Waals surface area contributed by atoms with E-state index >= 15 is 0 Å². The first kappa shape index (κ1) is 14.2. The van der Waals surface area contributed by atoms with Crippen molar-refractivity contribution in [1.82, 2.24) is 10.0 Å². The summed E-state index contributed by atoms with van der Waals surface area (Å²) in [5.74, 6) is 0. The zero-order valence-electron chi connectivity index (χ0n) is 10.7. The molecule has 1 aromatic rings. The van der Waals surface area contributed by atoms with E-state index in [1.165, 1.54) is 0 Å². The molecule has 1 atom stereocenters. The predicted molar refractivity (Wildman–Crippen MR) is 69.4 cm³/mol. The van der Waals surface area contributed by atoms with Gasteiger partial charge in [0.25, 0.3) is 0 Å². The van der Waals surface area contributed by atoms with Gasteiger partial charge in [-0.05, 0) is 45.5 Å². The highest BCUT2D eigenvalue weighted by molar-refractivity contribution is 7.89. The molecule has 0 radical (unpaired) electrons. The molecule has 0 heterocycles. The first-order valence-electron chi connectivity index (χ1n) is 5.66. The normalized spacial score (nSPS) is 13.9. The van der Waals surface area contributed by atoms with Crippen molar-refractivity contribution >= 4 is 10.0 Å². The number of hydrogen-bond donors (Lipinski definition) is 2. The second kappa shape index (κ2) is 5.62. The molecule has 0 saturated carbocycles. The zero-order valence-corrected chi connectivity index (χ0v) is 11.5. The third kappa shape index (κ3) is 3.80. The molecule has 0 fully saturated rings. The Bertz CT molecular complexity index is 452. The maximum absolute atomic E-state index is 11.9. The molecule has 0 aliphatic carbocycles. The van der Waals surface area contributed by atoms with Gasteiger partial charge in [0.1, 0.15) is 0 Å². The molecule has 0 aromatic heterocycles. The fourth-order valence-corrected chi connectivity index (χ4v) is 2.73. The van der Waals surface area contributed by atoms with Gasteiger partial charge in [-0.25, -0.2) is 13.1 Å². The van der Waals surface area contributed by atoms with E-state index in [-0.39, 0.29) is 12.1 Å². The lowest BCUT2D eigenvalue weighted by Crippen LogP contribution is -2.30. The van der Waals surface area contributed by atoms with Gasteiger partial charge in [-0.2, -0.15) is 0 Å². The average Bonchev–Trinajstić information content (AvgIpc) is 2.26. The van der Waals surface area contributed by atoms with Crippen LogP contribution < -0.4 is 10.0 Å². The lowest BCUT2D eigenvalue weighted by atomic mass is 10.1. The van der Waals surface area contributed by atoms with Crippen LogP contribution in [-0.2, 0) is 10.0 Å². The molecule has 5 heteroatoms. The standard InChI is InChI=1S/C12H20N2O2S/c1-9(2)14-17(15,16)12-7-5-11(6-8-12)10(3)13-4/h5-10,13-14H,1-4H3. The highest BCUT2D eigenvalue weighted by atomic mass is 32.2. The van der Waals surface area contributed by atoms with E-state index in [2.05, 4.69) is 10.0 Å². The number of sulfonamides is 1. The molecule has 0 aliphatic heterocycles. The molecular weight excluding hydrogens is 236 g/mol. The van der Waals surface area contributed by atoms with Crippen LogP contribution >= 0.6 is 0 Å². The summed E-state index contributed by atoms with van der Waals surface area (Å²) in [6.45, 7) is 5.62. The van der Waals surface area contributed by atoms with Gasteiger partial charge in [0, 0.05) is 12.1 Å². The molecule has 4 nitrogen and oxygen atoms in total. The Morgan fingerprint density at radius 3 is 2.00 bits per heavy atom. The summed E-state index contributed by atoms with van der Waals surface area (Å²) in [5.41, 5.74) is 1.07. The van der Waals surface area contributed by atoms with Crippen LogP contribution in [0.15, 0.2) is 29.2 Å². The highest BCUT2D eigenvalue weighted by Crippen LogP contribution is 2.15. The average molecular weight is 256 g/mol. The van der Waals surface area contributed by atoms with Crippen LogP contribution in [0.4, 0.5) is 0 Å². The Hall–Kier alpha value is -0.910. The van der Waals surface area contributed by atoms with Gasteiger partial charge in [-0.1, -0.05) is 12.1 Å². The fourth-order valence-electron chi connectivity index (χ4n) is 1.48. The topological polar surface area (TPSA) is 58.2 Å². The van der Waals surface area contributed by atoms with Crippen LogP contribution in [0.3, 0.4) is 0 Å². The Morgan fingerprint density at radius 1 is 1.06 bits per heavy atom. The lowest BCUT2D eigenvalue weighted by Gasteiger charge is -2.12. The molecule has 1 rings (SSSR count). The SMILES string of the molecule is CNC(C)c1ccc(S(=O)(=O)NC(C)C)cc1. The van der Waals surface area contributed by atoms with Gasteiger partial charge in [-0.3, -0.25) is 0 Å². The van der Waals surface area contributed by atoms with Gasteiger partial charge in [0.2, 0.25) is 10.0 Å². The minimum absolute atomic E-state index is 0.101. The van der Waals surface area contributed by atoms with Gasteiger partial charge in [-0.15, -0.1) is 0 Å². The quantitative estimate of drug-likeness (QED) is 0.842. The van der Waals surface area contributed by atoms with Crippen LogP contribution in [-0.4, -0.2) is 21.5 Å². The van der Waals surface area contributed by atoms with E-state index < -0.39 is 10.0 Å². The first-order chi connectivity index (χ1) is 7.86. The smallest absolute Gasteiger partial charge is 0.240 e. The van der Waals surface area contributed by atoms with Crippen LogP contribution in [0.2, 0.25) is 0 Å². The van der Waals surface area contributed by atoms with Crippen LogP contribution in [0.25, 0.3) is 0 Å². The number of nitrogens with one attached hydrogen (secondary N) is 2. The Morgan fingerprint density at radius 2 is 1.59 bits per heavy atom. The van der Waals surface area contributed by atoms with Crippen molar-refractivity contribution in [1.29, 1.82) is 0 Å². The zero-order chi connectivity index (χ0) is 13.1. The van der Waals surface area contributed by atoms with Crippen LogP contribution in [0.1, 0.15) is 32.4 Å². The molecule has 1 unspecified atom stereocenters. The van der Waals surface area contributed by atoms with Crippen molar-refractivity contribution in [2.45, 2.75) is 37.8 Å². The molecule has 0 saturated heterocycles. The van der Waals surface area contributed by atoms with Crippen molar-refractivity contribution in [2.24, 2.45) is 0 Å². The summed E-state index contributed by atoms with van der Waals surface area (Å²) in [5, 5.41) is 3.11. The van der Waals surface area contributed by atoms with E-state index in [1.807, 2.05) is 26.1 Å². The van der Waals surface area contributed by atoms with Crippen molar-refractivity contribution in [2.75, 3.05) is 7.05 Å². The summed E-state index contributed by atoms with van der Waals surface area (Å²) >= 11 is 0. The predicted octanol–water partition coefficient (Wildman–Crippen LogP) is 1.65. The van der Waals surface area contributed by atoms with Gasteiger partial charge >= 0.3 is 0 Å². The monoisotopic (exact) mass is 256 g/mol. The number of rotatable bonds is 5. The third-order valence-electron chi connectivity index (χ3n) is 2.51. The minimum atomic E-state index is -3.38. The van der Waals surface area contributed by atoms with Crippen molar-refractivity contribution in [3.8, 4) is 0 Å². The molecule has 0 amide bonds. The summed E-state index contributed by atoms with van der Waals surface area (Å²) in [6, 6.07) is 7.04. The molecule has 17 heavy (non-hydrogen) atoms. The Balaban J connectivity index is 2.95. The first-order valence-corrected chi connectivity index (χ1v) is 7.14. The Kier molecular flexibility index (Phi) is 4.68. The fraction of sp³-hybridized carbons (Fsp3) is 0.500. The third-order valence-corrected chi connectivity index (χ3v) is 4.19. The van der Waals surface area contributed by atoms with Crippen LogP contribution in [0, 0.1) is 0 Å². The summed E-state index contributed by atoms with van der Waals surface area (Å²) in [7, 11) is -1.51. The minimum Gasteiger partial charge on any atom is -0.313 e. The summed E-state index contributed by atoms with van der Waals surface area (Å²) in [4.78, 5) is 0.304. The molecular formula is C12H20N2O2S. The van der Waals surface area contributed by atoms with E-state index in [4.69, 9.17) is 0 Å². The van der Waals surface area contributed by atoms with Crippen molar-refractivity contribution < 1.29 is 8.42 Å². The molecule has 96 valence electrons.